The van der Waals surface area contributed by atoms with Crippen molar-refractivity contribution in [2.24, 2.45) is 0 Å². The second-order valence-electron chi connectivity index (χ2n) is 8.47. The lowest BCUT2D eigenvalue weighted by molar-refractivity contribution is -0.211. The third kappa shape index (κ3) is 12.7. The number of unbranched alkanes of at least 4 members (excludes halogenated alkanes) is 14. The fraction of sp³-hybridized carbons (Fsp3) is 0.917. The first-order valence-corrected chi connectivity index (χ1v) is 12.0. The molecule has 0 aromatic carbocycles. The highest BCUT2D eigenvalue weighted by Gasteiger charge is 2.39. The van der Waals surface area contributed by atoms with Gasteiger partial charge in [-0.3, -0.25) is 0 Å². The van der Waals surface area contributed by atoms with Gasteiger partial charge < -0.3 is 24.8 Å². The normalized spacial score (nSPS) is 24.7. The molecule has 0 amide bonds. The van der Waals surface area contributed by atoms with Crippen LogP contribution in [0.5, 0.6) is 0 Å². The summed E-state index contributed by atoms with van der Waals surface area (Å²) in [5, 5.41) is 29.0. The van der Waals surface area contributed by atoms with Gasteiger partial charge in [0.2, 0.25) is 0 Å². The Balaban J connectivity index is 1.84. The largest absolute Gasteiger partial charge is 0.394 e. The zero-order valence-electron chi connectivity index (χ0n) is 18.5. The Morgan fingerprint density at radius 1 is 0.793 bits per heavy atom. The van der Waals surface area contributed by atoms with E-state index in [1.165, 1.54) is 83.5 Å². The van der Waals surface area contributed by atoms with Gasteiger partial charge in [0.1, 0.15) is 24.4 Å². The predicted octanol–water partition coefficient (Wildman–Crippen LogP) is 4.52. The maximum Gasteiger partial charge on any atom is 0.114 e. The monoisotopic (exact) mass is 414 g/mol. The third-order valence-corrected chi connectivity index (χ3v) is 5.87. The summed E-state index contributed by atoms with van der Waals surface area (Å²) in [7, 11) is 0. The summed E-state index contributed by atoms with van der Waals surface area (Å²) in [5.41, 5.74) is 0. The SMILES string of the molecule is C=CCCCCCCCCCCCCCCCCO[C@@H]1[C@@H](O)[C@H](O)CO[C@H]1CO. The second-order valence-corrected chi connectivity index (χ2v) is 8.47. The van der Waals surface area contributed by atoms with Crippen molar-refractivity contribution in [3.63, 3.8) is 0 Å². The van der Waals surface area contributed by atoms with Crippen LogP contribution >= 0.6 is 0 Å². The molecule has 0 aromatic rings. The number of hydrogen-bond donors (Lipinski definition) is 3. The molecule has 0 saturated carbocycles. The number of ether oxygens (including phenoxy) is 2. The van der Waals surface area contributed by atoms with Crippen LogP contribution in [-0.2, 0) is 9.47 Å². The van der Waals surface area contributed by atoms with E-state index in [0.29, 0.717) is 6.61 Å². The Morgan fingerprint density at radius 3 is 1.76 bits per heavy atom. The molecule has 1 aliphatic heterocycles. The number of aliphatic hydroxyl groups is 3. The van der Waals surface area contributed by atoms with Gasteiger partial charge in [0.25, 0.3) is 0 Å². The molecule has 1 saturated heterocycles. The summed E-state index contributed by atoms with van der Waals surface area (Å²) in [6.07, 6.45) is 18.2. The van der Waals surface area contributed by atoms with Crippen molar-refractivity contribution in [2.45, 2.75) is 121 Å². The molecule has 1 fully saturated rings. The summed E-state index contributed by atoms with van der Waals surface area (Å²) in [5.74, 6) is 0. The van der Waals surface area contributed by atoms with Gasteiger partial charge in [0.15, 0.2) is 0 Å². The van der Waals surface area contributed by atoms with Gasteiger partial charge in [-0.15, -0.1) is 6.58 Å². The van der Waals surface area contributed by atoms with Gasteiger partial charge in [-0.1, -0.05) is 83.1 Å². The van der Waals surface area contributed by atoms with Crippen molar-refractivity contribution in [1.82, 2.24) is 0 Å². The van der Waals surface area contributed by atoms with Gasteiger partial charge >= 0.3 is 0 Å². The Labute approximate surface area is 178 Å². The molecule has 1 rings (SSSR count). The van der Waals surface area contributed by atoms with Gasteiger partial charge in [-0.2, -0.15) is 0 Å². The van der Waals surface area contributed by atoms with Crippen molar-refractivity contribution >= 4 is 0 Å². The minimum Gasteiger partial charge on any atom is -0.394 e. The van der Waals surface area contributed by atoms with Crippen LogP contribution in [0.4, 0.5) is 0 Å². The second kappa shape index (κ2) is 18.3. The standard InChI is InChI=1S/C24H46O5/c1-2-3-4-5-6-7-8-9-10-11-12-13-14-15-16-17-18-28-24-22(19-25)29-20-21(26)23(24)27/h2,21-27H,1,3-20H2/t21-,22+,23+,24+/m1/s1. The molecule has 3 N–H and O–H groups in total. The van der Waals surface area contributed by atoms with Crippen LogP contribution in [-0.4, -0.2) is 59.6 Å². The van der Waals surface area contributed by atoms with E-state index in [-0.39, 0.29) is 13.2 Å². The van der Waals surface area contributed by atoms with E-state index in [1.807, 2.05) is 6.08 Å². The van der Waals surface area contributed by atoms with E-state index < -0.39 is 24.4 Å². The number of allylic oxidation sites excluding steroid dienone is 1. The smallest absolute Gasteiger partial charge is 0.114 e. The molecule has 0 unspecified atom stereocenters. The lowest BCUT2D eigenvalue weighted by Crippen LogP contribution is -2.55. The van der Waals surface area contributed by atoms with E-state index in [0.717, 1.165) is 12.8 Å². The first-order valence-electron chi connectivity index (χ1n) is 12.0. The number of hydrogen-bond acceptors (Lipinski definition) is 5. The van der Waals surface area contributed by atoms with Crippen LogP contribution in [0.1, 0.15) is 96.3 Å². The first-order chi connectivity index (χ1) is 14.2. The number of rotatable bonds is 19. The summed E-state index contributed by atoms with van der Waals surface area (Å²) >= 11 is 0. The molecule has 0 bridgehead atoms. The molecule has 5 heteroatoms. The van der Waals surface area contributed by atoms with Crippen LogP contribution in [0.15, 0.2) is 12.7 Å². The Hall–Kier alpha value is -0.460. The number of aliphatic hydroxyl groups excluding tert-OH is 3. The highest BCUT2D eigenvalue weighted by atomic mass is 16.6. The fourth-order valence-electron chi connectivity index (χ4n) is 3.95. The molecule has 29 heavy (non-hydrogen) atoms. The quantitative estimate of drug-likeness (QED) is 0.214. The predicted molar refractivity (Wildman–Crippen MR) is 118 cm³/mol. The Kier molecular flexibility index (Phi) is 16.8. The summed E-state index contributed by atoms with van der Waals surface area (Å²) < 4.78 is 11.0. The molecule has 0 aromatic heterocycles. The first kappa shape index (κ1) is 26.6. The Bertz CT molecular complexity index is 374. The van der Waals surface area contributed by atoms with Crippen LogP contribution in [0.2, 0.25) is 0 Å². The molecular formula is C24H46O5. The van der Waals surface area contributed by atoms with Crippen LogP contribution in [0, 0.1) is 0 Å². The van der Waals surface area contributed by atoms with Crippen LogP contribution < -0.4 is 0 Å². The Morgan fingerprint density at radius 2 is 1.28 bits per heavy atom. The molecule has 5 nitrogen and oxygen atoms in total. The zero-order chi connectivity index (χ0) is 21.2. The molecule has 0 aliphatic carbocycles. The van der Waals surface area contributed by atoms with Crippen LogP contribution in [0.25, 0.3) is 0 Å². The lowest BCUT2D eigenvalue weighted by atomic mass is 10.0. The molecular weight excluding hydrogens is 368 g/mol. The van der Waals surface area contributed by atoms with E-state index >= 15 is 0 Å². The third-order valence-electron chi connectivity index (χ3n) is 5.87. The fourth-order valence-corrected chi connectivity index (χ4v) is 3.95. The van der Waals surface area contributed by atoms with E-state index in [2.05, 4.69) is 6.58 Å². The van der Waals surface area contributed by atoms with Crippen molar-refractivity contribution in [2.75, 3.05) is 19.8 Å². The molecule has 0 spiro atoms. The van der Waals surface area contributed by atoms with Crippen molar-refractivity contribution < 1.29 is 24.8 Å². The van der Waals surface area contributed by atoms with Crippen molar-refractivity contribution in [3.8, 4) is 0 Å². The summed E-state index contributed by atoms with van der Waals surface area (Å²) in [4.78, 5) is 0. The molecule has 172 valence electrons. The molecule has 4 atom stereocenters. The van der Waals surface area contributed by atoms with Gasteiger partial charge in [0, 0.05) is 6.61 Å². The molecule has 1 heterocycles. The average Bonchev–Trinajstić information content (AvgIpc) is 2.73. The maximum atomic E-state index is 10.0. The highest BCUT2D eigenvalue weighted by Crippen LogP contribution is 2.19. The summed E-state index contributed by atoms with van der Waals surface area (Å²) in [6.45, 7) is 4.13. The topological polar surface area (TPSA) is 79.2 Å². The van der Waals surface area contributed by atoms with E-state index in [9.17, 15) is 15.3 Å². The summed E-state index contributed by atoms with van der Waals surface area (Å²) in [6, 6.07) is 0. The minimum atomic E-state index is -0.988. The van der Waals surface area contributed by atoms with Crippen LogP contribution in [0.3, 0.4) is 0 Å². The highest BCUT2D eigenvalue weighted by molar-refractivity contribution is 4.87. The van der Waals surface area contributed by atoms with E-state index in [1.54, 1.807) is 0 Å². The molecule has 0 radical (unpaired) electrons. The minimum absolute atomic E-state index is 0.0440. The van der Waals surface area contributed by atoms with Gasteiger partial charge in [0.05, 0.1) is 13.2 Å². The van der Waals surface area contributed by atoms with E-state index in [4.69, 9.17) is 9.47 Å². The zero-order valence-corrected chi connectivity index (χ0v) is 18.5. The average molecular weight is 415 g/mol. The lowest BCUT2D eigenvalue weighted by Gasteiger charge is -2.37. The molecule has 1 aliphatic rings. The van der Waals surface area contributed by atoms with Crippen molar-refractivity contribution in [3.05, 3.63) is 12.7 Å². The van der Waals surface area contributed by atoms with Gasteiger partial charge in [-0.05, 0) is 19.3 Å². The van der Waals surface area contributed by atoms with Crippen molar-refractivity contribution in [1.29, 1.82) is 0 Å². The van der Waals surface area contributed by atoms with Gasteiger partial charge in [-0.25, -0.2) is 0 Å². The maximum absolute atomic E-state index is 10.0.